The van der Waals surface area contributed by atoms with Crippen molar-refractivity contribution in [3.8, 4) is 5.75 Å². The lowest BCUT2D eigenvalue weighted by atomic mass is 10.2. The molecule has 4 nitrogen and oxygen atoms in total. The fourth-order valence-corrected chi connectivity index (χ4v) is 3.89. The monoisotopic (exact) mass is 287 g/mol. The van der Waals surface area contributed by atoms with E-state index in [4.69, 9.17) is 4.74 Å². The predicted molar refractivity (Wildman–Crippen MR) is 73.7 cm³/mol. The van der Waals surface area contributed by atoms with Crippen molar-refractivity contribution in [2.24, 2.45) is 5.92 Å². The lowest BCUT2D eigenvalue weighted by molar-refractivity contribution is 0.414. The van der Waals surface area contributed by atoms with Crippen LogP contribution in [0.3, 0.4) is 0 Å². The Hall–Kier alpha value is -0.720. The van der Waals surface area contributed by atoms with Gasteiger partial charge in [0, 0.05) is 13.1 Å². The highest BCUT2D eigenvalue weighted by atomic mass is 32.2. The zero-order valence-corrected chi connectivity index (χ0v) is 12.0. The van der Waals surface area contributed by atoms with E-state index in [1.807, 2.05) is 0 Å². The Morgan fingerprint density at radius 3 is 2.56 bits per heavy atom. The number of hydrogen-bond acceptors (Lipinski definition) is 4. The second kappa shape index (κ2) is 5.50. The molecule has 0 spiro atoms. The largest absolute Gasteiger partial charge is 0.497 e. The first kappa shape index (κ1) is 13.7. The Balaban J connectivity index is 2.20. The average molecular weight is 287 g/mol. The van der Waals surface area contributed by atoms with E-state index in [1.54, 1.807) is 31.4 Å². The number of ether oxygens (including phenoxy) is 1. The van der Waals surface area contributed by atoms with Crippen molar-refractivity contribution in [3.63, 3.8) is 0 Å². The number of rotatable bonds is 4. The topological polar surface area (TPSA) is 46.6 Å². The minimum atomic E-state index is -3.36. The third-order valence-electron chi connectivity index (χ3n) is 3.20. The third-order valence-corrected chi connectivity index (χ3v) is 5.60. The van der Waals surface area contributed by atoms with E-state index in [-0.39, 0.29) is 0 Å². The van der Waals surface area contributed by atoms with Gasteiger partial charge < -0.3 is 4.74 Å². The van der Waals surface area contributed by atoms with Crippen molar-refractivity contribution < 1.29 is 13.2 Å². The molecule has 0 amide bonds. The molecule has 0 unspecified atom stereocenters. The second-order valence-electron chi connectivity index (χ2n) is 4.38. The summed E-state index contributed by atoms with van der Waals surface area (Å²) >= 11 is 4.23. The molecule has 1 atom stereocenters. The summed E-state index contributed by atoms with van der Waals surface area (Å²) < 4.78 is 31.3. The molecule has 2 rings (SSSR count). The maximum Gasteiger partial charge on any atom is 0.243 e. The van der Waals surface area contributed by atoms with Gasteiger partial charge in [0.1, 0.15) is 5.75 Å². The van der Waals surface area contributed by atoms with E-state index >= 15 is 0 Å². The van der Waals surface area contributed by atoms with Crippen LogP contribution in [-0.4, -0.2) is 38.7 Å². The molecule has 100 valence electrons. The molecule has 1 aliphatic heterocycles. The first-order chi connectivity index (χ1) is 8.57. The van der Waals surface area contributed by atoms with Crippen molar-refractivity contribution in [3.05, 3.63) is 24.3 Å². The van der Waals surface area contributed by atoms with Gasteiger partial charge in [0.05, 0.1) is 12.0 Å². The van der Waals surface area contributed by atoms with Gasteiger partial charge >= 0.3 is 0 Å². The van der Waals surface area contributed by atoms with Crippen LogP contribution < -0.4 is 4.74 Å². The van der Waals surface area contributed by atoms with E-state index in [1.165, 1.54) is 4.31 Å². The Bertz CT molecular complexity index is 499. The molecule has 1 fully saturated rings. The molecule has 0 aliphatic carbocycles. The van der Waals surface area contributed by atoms with E-state index in [9.17, 15) is 8.42 Å². The molecule has 0 radical (unpaired) electrons. The normalized spacial score (nSPS) is 21.1. The maximum absolute atomic E-state index is 12.4. The summed E-state index contributed by atoms with van der Waals surface area (Å²) in [5.41, 5.74) is 0. The van der Waals surface area contributed by atoms with E-state index < -0.39 is 10.0 Å². The van der Waals surface area contributed by atoms with Crippen LogP contribution in [0, 0.1) is 5.92 Å². The fraction of sp³-hybridized carbons (Fsp3) is 0.500. The van der Waals surface area contributed by atoms with E-state index in [2.05, 4.69) is 12.6 Å². The Labute approximate surface area is 113 Å². The second-order valence-corrected chi connectivity index (χ2v) is 6.68. The summed E-state index contributed by atoms with van der Waals surface area (Å²) in [5, 5.41) is 0. The van der Waals surface area contributed by atoms with Crippen molar-refractivity contribution in [1.29, 1.82) is 0 Å². The number of sulfonamides is 1. The van der Waals surface area contributed by atoms with Gasteiger partial charge in [-0.15, -0.1) is 0 Å². The Morgan fingerprint density at radius 1 is 1.39 bits per heavy atom. The third kappa shape index (κ3) is 2.65. The van der Waals surface area contributed by atoms with Crippen LogP contribution in [-0.2, 0) is 10.0 Å². The van der Waals surface area contributed by atoms with Crippen LogP contribution in [0.1, 0.15) is 6.42 Å². The predicted octanol–water partition coefficient (Wildman–Crippen LogP) is 1.64. The zero-order valence-electron chi connectivity index (χ0n) is 10.2. The van der Waals surface area contributed by atoms with Crippen LogP contribution in [0.25, 0.3) is 0 Å². The van der Waals surface area contributed by atoms with Gasteiger partial charge in [-0.3, -0.25) is 0 Å². The minimum Gasteiger partial charge on any atom is -0.497 e. The first-order valence-electron chi connectivity index (χ1n) is 5.83. The summed E-state index contributed by atoms with van der Waals surface area (Å²) in [5.74, 6) is 1.75. The lowest BCUT2D eigenvalue weighted by Gasteiger charge is -2.16. The van der Waals surface area contributed by atoms with Crippen molar-refractivity contribution in [2.75, 3.05) is 26.0 Å². The van der Waals surface area contributed by atoms with Crippen LogP contribution >= 0.6 is 12.6 Å². The van der Waals surface area contributed by atoms with Gasteiger partial charge in [0.2, 0.25) is 10.0 Å². The van der Waals surface area contributed by atoms with Crippen molar-refractivity contribution in [1.82, 2.24) is 4.31 Å². The lowest BCUT2D eigenvalue weighted by Crippen LogP contribution is -2.29. The van der Waals surface area contributed by atoms with Gasteiger partial charge in [-0.2, -0.15) is 16.9 Å². The highest BCUT2D eigenvalue weighted by molar-refractivity contribution is 7.89. The average Bonchev–Trinajstić information content (AvgIpc) is 2.88. The molecule has 6 heteroatoms. The Kier molecular flexibility index (Phi) is 4.19. The summed E-state index contributed by atoms with van der Waals surface area (Å²) in [6.07, 6.45) is 0.888. The molecule has 1 aromatic carbocycles. The summed E-state index contributed by atoms with van der Waals surface area (Å²) in [6.45, 7) is 1.15. The molecule has 1 aromatic rings. The van der Waals surface area contributed by atoms with Gasteiger partial charge in [0.25, 0.3) is 0 Å². The van der Waals surface area contributed by atoms with Crippen LogP contribution in [0.2, 0.25) is 0 Å². The molecule has 0 N–H and O–H groups in total. The fourth-order valence-electron chi connectivity index (χ4n) is 2.06. The SMILES string of the molecule is COc1ccc(S(=O)(=O)N2CC[C@H](CS)C2)cc1. The standard InChI is InChI=1S/C12H17NO3S2/c1-16-11-2-4-12(5-3-11)18(14,15)13-7-6-10(8-13)9-17/h2-5,10,17H,6-9H2,1H3/t10-/m0/s1. The van der Waals surface area contributed by atoms with E-state index in [0.29, 0.717) is 29.7 Å². The smallest absolute Gasteiger partial charge is 0.243 e. The summed E-state index contributed by atoms with van der Waals surface area (Å²) in [7, 11) is -1.81. The molecule has 0 bridgehead atoms. The molecule has 1 aliphatic rings. The number of nitrogens with zero attached hydrogens (tertiary/aromatic N) is 1. The summed E-state index contributed by atoms with van der Waals surface area (Å²) in [4.78, 5) is 0.322. The highest BCUT2D eigenvalue weighted by Gasteiger charge is 2.31. The van der Waals surface area contributed by atoms with Gasteiger partial charge in [-0.1, -0.05) is 0 Å². The van der Waals surface area contributed by atoms with Crippen LogP contribution in [0.5, 0.6) is 5.75 Å². The van der Waals surface area contributed by atoms with Crippen molar-refractivity contribution >= 4 is 22.7 Å². The van der Waals surface area contributed by atoms with Crippen LogP contribution in [0.15, 0.2) is 29.2 Å². The van der Waals surface area contributed by atoms with Gasteiger partial charge in [0.15, 0.2) is 0 Å². The summed E-state index contributed by atoms with van der Waals surface area (Å²) in [6, 6.07) is 6.50. The zero-order chi connectivity index (χ0) is 13.2. The molecule has 1 heterocycles. The molecule has 1 saturated heterocycles. The molecule has 0 aromatic heterocycles. The molecule has 18 heavy (non-hydrogen) atoms. The van der Waals surface area contributed by atoms with Gasteiger partial charge in [-0.05, 0) is 42.4 Å². The number of benzene rings is 1. The maximum atomic E-state index is 12.4. The quantitative estimate of drug-likeness (QED) is 0.856. The van der Waals surface area contributed by atoms with Crippen molar-refractivity contribution in [2.45, 2.75) is 11.3 Å². The van der Waals surface area contributed by atoms with Crippen LogP contribution in [0.4, 0.5) is 0 Å². The molecule has 0 saturated carbocycles. The first-order valence-corrected chi connectivity index (χ1v) is 7.90. The minimum absolute atomic E-state index is 0.322. The molecular weight excluding hydrogens is 270 g/mol. The Morgan fingerprint density at radius 2 is 2.06 bits per heavy atom. The number of thiol groups is 1. The van der Waals surface area contributed by atoms with Gasteiger partial charge in [-0.25, -0.2) is 8.42 Å². The highest BCUT2D eigenvalue weighted by Crippen LogP contribution is 2.25. The number of methoxy groups -OCH3 is 1. The van der Waals surface area contributed by atoms with E-state index in [0.717, 1.165) is 12.2 Å². The number of hydrogen-bond donors (Lipinski definition) is 1. The molecular formula is C12H17NO3S2.